The number of aromatic amines is 2. The van der Waals surface area contributed by atoms with Crippen LogP contribution in [-0.4, -0.2) is 51.9 Å². The highest BCUT2D eigenvalue weighted by Crippen LogP contribution is 2.23. The number of para-hydroxylation sites is 1. The van der Waals surface area contributed by atoms with E-state index in [1.165, 1.54) is 5.56 Å². The molecule has 2 aromatic carbocycles. The molecule has 1 aliphatic heterocycles. The molecule has 2 aromatic heterocycles. The summed E-state index contributed by atoms with van der Waals surface area (Å²) in [6.45, 7) is 6.49. The molecule has 0 radical (unpaired) electrons. The Kier molecular flexibility index (Phi) is 4.31. The van der Waals surface area contributed by atoms with Crippen LogP contribution in [-0.2, 0) is 0 Å². The lowest BCUT2D eigenvalue weighted by Crippen LogP contribution is -2.49. The van der Waals surface area contributed by atoms with Gasteiger partial charge in [-0.05, 0) is 49.2 Å². The number of hydrogen-bond acceptors (Lipinski definition) is 4. The van der Waals surface area contributed by atoms with Crippen LogP contribution < -0.4 is 10.5 Å². The van der Waals surface area contributed by atoms with Gasteiger partial charge in [0.2, 0.25) is 5.95 Å². The zero-order valence-corrected chi connectivity index (χ0v) is 17.0. The minimum Gasteiger partial charge on any atom is -0.351 e. The first-order valence-electron chi connectivity index (χ1n) is 10.1. The normalized spacial score (nSPS) is 14.6. The average Bonchev–Trinajstić information content (AvgIpc) is 3.18. The SMILES string of the molecule is Cc1cc(C)c2cc(C(=O)N3CCN(c4nc5ccccc5c(=O)[nH]4)CC3)[nH]c2c1. The fraction of sp³-hybridized carbons (Fsp3) is 0.261. The molecule has 1 aliphatic rings. The van der Waals surface area contributed by atoms with Crippen LogP contribution in [0.4, 0.5) is 5.95 Å². The van der Waals surface area contributed by atoms with Gasteiger partial charge in [-0.1, -0.05) is 18.2 Å². The first-order chi connectivity index (χ1) is 14.5. The zero-order chi connectivity index (χ0) is 20.8. The number of carbonyl (C=O) groups excluding carboxylic acids is 1. The predicted octanol–water partition coefficient (Wildman–Crippen LogP) is 2.98. The Morgan fingerprint density at radius 3 is 2.53 bits per heavy atom. The molecule has 2 N–H and O–H groups in total. The van der Waals surface area contributed by atoms with Crippen molar-refractivity contribution in [3.05, 3.63) is 69.6 Å². The monoisotopic (exact) mass is 401 g/mol. The molecule has 0 atom stereocenters. The Labute approximate surface area is 173 Å². The molecule has 4 aromatic rings. The molecular weight excluding hydrogens is 378 g/mol. The third-order valence-electron chi connectivity index (χ3n) is 5.79. The fourth-order valence-electron chi connectivity index (χ4n) is 4.23. The smallest absolute Gasteiger partial charge is 0.270 e. The molecule has 7 nitrogen and oxygen atoms in total. The van der Waals surface area contributed by atoms with Crippen LogP contribution in [0, 0.1) is 13.8 Å². The summed E-state index contributed by atoms with van der Waals surface area (Å²) in [5.74, 6) is 0.561. The maximum Gasteiger partial charge on any atom is 0.270 e. The number of anilines is 1. The molecule has 152 valence electrons. The van der Waals surface area contributed by atoms with Crippen molar-refractivity contribution in [2.75, 3.05) is 31.1 Å². The van der Waals surface area contributed by atoms with E-state index in [0.29, 0.717) is 48.7 Å². The van der Waals surface area contributed by atoms with E-state index in [-0.39, 0.29) is 11.5 Å². The summed E-state index contributed by atoms with van der Waals surface area (Å²) in [7, 11) is 0. The number of hydrogen-bond donors (Lipinski definition) is 2. The van der Waals surface area contributed by atoms with Gasteiger partial charge in [-0.25, -0.2) is 4.98 Å². The Bertz CT molecular complexity index is 1330. The van der Waals surface area contributed by atoms with E-state index in [9.17, 15) is 9.59 Å². The van der Waals surface area contributed by atoms with Gasteiger partial charge in [0.15, 0.2) is 0 Å². The Hall–Kier alpha value is -3.61. The zero-order valence-electron chi connectivity index (χ0n) is 17.0. The molecule has 0 unspecified atom stereocenters. The second kappa shape index (κ2) is 7.02. The lowest BCUT2D eigenvalue weighted by molar-refractivity contribution is 0.0741. The quantitative estimate of drug-likeness (QED) is 0.541. The summed E-state index contributed by atoms with van der Waals surface area (Å²) in [5, 5.41) is 1.67. The molecule has 30 heavy (non-hydrogen) atoms. The van der Waals surface area contributed by atoms with E-state index in [1.807, 2.05) is 34.1 Å². The van der Waals surface area contributed by atoms with E-state index in [4.69, 9.17) is 0 Å². The number of nitrogens with one attached hydrogen (secondary N) is 2. The number of aryl methyl sites for hydroxylation is 2. The van der Waals surface area contributed by atoms with Crippen molar-refractivity contribution in [3.8, 4) is 0 Å². The van der Waals surface area contributed by atoms with Crippen LogP contribution in [0.2, 0.25) is 0 Å². The van der Waals surface area contributed by atoms with E-state index >= 15 is 0 Å². The molecule has 7 heteroatoms. The molecule has 0 spiro atoms. The molecule has 0 bridgehead atoms. The predicted molar refractivity (Wildman–Crippen MR) is 118 cm³/mol. The van der Waals surface area contributed by atoms with Crippen LogP contribution in [0.3, 0.4) is 0 Å². The second-order valence-electron chi connectivity index (χ2n) is 7.91. The molecule has 3 heterocycles. The first kappa shape index (κ1) is 18.4. The molecule has 1 saturated heterocycles. The van der Waals surface area contributed by atoms with Gasteiger partial charge in [0.25, 0.3) is 11.5 Å². The minimum absolute atomic E-state index is 0.00265. The number of rotatable bonds is 2. The maximum atomic E-state index is 13.0. The van der Waals surface area contributed by atoms with E-state index < -0.39 is 0 Å². The van der Waals surface area contributed by atoms with Crippen molar-refractivity contribution in [2.24, 2.45) is 0 Å². The van der Waals surface area contributed by atoms with Crippen LogP contribution in [0.15, 0.2) is 47.3 Å². The van der Waals surface area contributed by atoms with Gasteiger partial charge in [-0.2, -0.15) is 0 Å². The molecular formula is C23H23N5O2. The Morgan fingerprint density at radius 2 is 1.73 bits per heavy atom. The molecule has 0 saturated carbocycles. The highest BCUT2D eigenvalue weighted by molar-refractivity contribution is 5.99. The van der Waals surface area contributed by atoms with Crippen molar-refractivity contribution in [3.63, 3.8) is 0 Å². The third-order valence-corrected chi connectivity index (χ3v) is 5.79. The van der Waals surface area contributed by atoms with Gasteiger partial charge < -0.3 is 14.8 Å². The fourth-order valence-corrected chi connectivity index (χ4v) is 4.23. The average molecular weight is 401 g/mol. The number of fused-ring (bicyclic) bond motifs is 2. The number of H-pyrrole nitrogens is 2. The Morgan fingerprint density at radius 1 is 0.967 bits per heavy atom. The number of nitrogens with zero attached hydrogens (tertiary/aromatic N) is 3. The van der Waals surface area contributed by atoms with Gasteiger partial charge in [-0.3, -0.25) is 14.6 Å². The minimum atomic E-state index is -0.141. The van der Waals surface area contributed by atoms with Crippen molar-refractivity contribution in [2.45, 2.75) is 13.8 Å². The van der Waals surface area contributed by atoms with Gasteiger partial charge >= 0.3 is 0 Å². The number of amides is 1. The van der Waals surface area contributed by atoms with E-state index in [1.54, 1.807) is 6.07 Å². The van der Waals surface area contributed by atoms with Gasteiger partial charge in [-0.15, -0.1) is 0 Å². The third kappa shape index (κ3) is 3.12. The number of carbonyl (C=O) groups is 1. The lowest BCUT2D eigenvalue weighted by Gasteiger charge is -2.34. The van der Waals surface area contributed by atoms with Crippen molar-refractivity contribution >= 4 is 33.7 Å². The standard InChI is InChI=1S/C23H23N5O2/c1-14-11-15(2)17-13-20(24-19(17)12-14)22(30)27-7-9-28(10-8-27)23-25-18-6-4-3-5-16(18)21(29)26-23/h3-6,11-13,24H,7-10H2,1-2H3,(H,25,26,29). The Balaban J connectivity index is 1.34. The van der Waals surface area contributed by atoms with Gasteiger partial charge in [0.05, 0.1) is 10.9 Å². The second-order valence-corrected chi connectivity index (χ2v) is 7.91. The summed E-state index contributed by atoms with van der Waals surface area (Å²) in [6.07, 6.45) is 0. The van der Waals surface area contributed by atoms with E-state index in [0.717, 1.165) is 16.5 Å². The van der Waals surface area contributed by atoms with E-state index in [2.05, 4.69) is 40.9 Å². The summed E-state index contributed by atoms with van der Waals surface area (Å²) in [4.78, 5) is 40.0. The van der Waals surface area contributed by atoms with Crippen LogP contribution >= 0.6 is 0 Å². The highest BCUT2D eigenvalue weighted by Gasteiger charge is 2.25. The molecule has 5 rings (SSSR count). The highest BCUT2D eigenvalue weighted by atomic mass is 16.2. The van der Waals surface area contributed by atoms with Gasteiger partial charge in [0, 0.05) is 37.1 Å². The summed E-state index contributed by atoms with van der Waals surface area (Å²) < 4.78 is 0. The first-order valence-corrected chi connectivity index (χ1v) is 10.1. The van der Waals surface area contributed by atoms with Crippen LogP contribution in [0.1, 0.15) is 21.6 Å². The van der Waals surface area contributed by atoms with Crippen molar-refractivity contribution in [1.82, 2.24) is 19.9 Å². The van der Waals surface area contributed by atoms with Gasteiger partial charge in [0.1, 0.15) is 5.69 Å². The molecule has 0 aliphatic carbocycles. The molecule has 1 amide bonds. The topological polar surface area (TPSA) is 85.1 Å². The summed E-state index contributed by atoms with van der Waals surface area (Å²) in [5.41, 5.74) is 4.48. The van der Waals surface area contributed by atoms with Crippen molar-refractivity contribution < 1.29 is 4.79 Å². The van der Waals surface area contributed by atoms with Crippen molar-refractivity contribution in [1.29, 1.82) is 0 Å². The maximum absolute atomic E-state index is 13.0. The number of benzene rings is 2. The van der Waals surface area contributed by atoms with Crippen LogP contribution in [0.25, 0.3) is 21.8 Å². The van der Waals surface area contributed by atoms with Crippen LogP contribution in [0.5, 0.6) is 0 Å². The lowest BCUT2D eigenvalue weighted by atomic mass is 10.1. The number of aromatic nitrogens is 3. The summed E-state index contributed by atoms with van der Waals surface area (Å²) >= 11 is 0. The number of piperazine rings is 1. The largest absolute Gasteiger partial charge is 0.351 e. The summed E-state index contributed by atoms with van der Waals surface area (Å²) in [6, 6.07) is 13.5. The molecule has 1 fully saturated rings.